The normalized spacial score (nSPS) is 19.5. The first kappa shape index (κ1) is 19.4. The van der Waals surface area contributed by atoms with E-state index in [0.717, 1.165) is 56.3 Å². The van der Waals surface area contributed by atoms with Crippen molar-refractivity contribution in [1.82, 2.24) is 0 Å². The minimum Gasteiger partial charge on any atom is -0.488 e. The number of benzene rings is 2. The molecular formula is C22H31N3O2+2. The molecule has 0 atom stereocenters. The van der Waals surface area contributed by atoms with E-state index in [9.17, 15) is 4.79 Å². The highest BCUT2D eigenvalue weighted by Crippen LogP contribution is 2.17. The van der Waals surface area contributed by atoms with Crippen molar-refractivity contribution < 1.29 is 19.3 Å². The number of rotatable bonds is 7. The first-order chi connectivity index (χ1) is 13.1. The summed E-state index contributed by atoms with van der Waals surface area (Å²) < 4.78 is 5.80. The van der Waals surface area contributed by atoms with Crippen molar-refractivity contribution in [3.8, 4) is 5.75 Å². The Morgan fingerprint density at radius 1 is 0.963 bits per heavy atom. The molecule has 0 bridgehead atoms. The number of carbonyl (C=O) groups is 1. The number of quaternary nitrogens is 2. The van der Waals surface area contributed by atoms with Gasteiger partial charge in [0.2, 0.25) is 0 Å². The van der Waals surface area contributed by atoms with Gasteiger partial charge in [-0.05, 0) is 43.2 Å². The summed E-state index contributed by atoms with van der Waals surface area (Å²) in [7, 11) is 0. The van der Waals surface area contributed by atoms with E-state index >= 15 is 0 Å². The summed E-state index contributed by atoms with van der Waals surface area (Å²) in [6, 6.07) is 16.0. The van der Waals surface area contributed by atoms with Gasteiger partial charge in [0.25, 0.3) is 5.91 Å². The van der Waals surface area contributed by atoms with Crippen LogP contribution in [-0.2, 0) is 4.79 Å². The van der Waals surface area contributed by atoms with E-state index in [1.54, 1.807) is 4.90 Å². The molecule has 0 unspecified atom stereocenters. The molecule has 0 saturated carbocycles. The van der Waals surface area contributed by atoms with Crippen LogP contribution in [0.3, 0.4) is 0 Å². The SMILES string of the molecule is Cc1cccc(NC(=O)C[NH+]2CC[NH+](CCOc3ccccc3)CC2)c1C. The van der Waals surface area contributed by atoms with E-state index in [1.165, 1.54) is 10.5 Å². The molecule has 0 radical (unpaired) electrons. The molecule has 0 aliphatic carbocycles. The number of hydrogen-bond donors (Lipinski definition) is 3. The summed E-state index contributed by atoms with van der Waals surface area (Å²) in [5.41, 5.74) is 3.28. The zero-order valence-electron chi connectivity index (χ0n) is 16.4. The number of para-hydroxylation sites is 1. The highest BCUT2D eigenvalue weighted by Gasteiger charge is 2.24. The monoisotopic (exact) mass is 369 g/mol. The van der Waals surface area contributed by atoms with Crippen molar-refractivity contribution in [3.63, 3.8) is 0 Å². The molecule has 27 heavy (non-hydrogen) atoms. The maximum absolute atomic E-state index is 12.4. The molecule has 1 fully saturated rings. The molecule has 2 aromatic rings. The molecule has 0 aromatic heterocycles. The third-order valence-corrected chi connectivity index (χ3v) is 5.42. The smallest absolute Gasteiger partial charge is 0.279 e. The fraction of sp³-hybridized carbons (Fsp3) is 0.409. The Kier molecular flexibility index (Phi) is 6.85. The molecule has 5 heteroatoms. The van der Waals surface area contributed by atoms with Gasteiger partial charge in [-0.25, -0.2) is 0 Å². The first-order valence-electron chi connectivity index (χ1n) is 9.83. The lowest BCUT2D eigenvalue weighted by Gasteiger charge is -2.29. The third kappa shape index (κ3) is 5.81. The zero-order chi connectivity index (χ0) is 19.1. The molecule has 3 N–H and O–H groups in total. The Morgan fingerprint density at radius 3 is 2.41 bits per heavy atom. The van der Waals surface area contributed by atoms with Crippen LogP contribution in [-0.4, -0.2) is 51.8 Å². The Bertz CT molecular complexity index is 740. The second-order valence-corrected chi connectivity index (χ2v) is 7.38. The van der Waals surface area contributed by atoms with E-state index in [-0.39, 0.29) is 5.91 Å². The number of amides is 1. The minimum atomic E-state index is 0.106. The van der Waals surface area contributed by atoms with E-state index < -0.39 is 0 Å². The quantitative estimate of drug-likeness (QED) is 0.649. The van der Waals surface area contributed by atoms with Crippen molar-refractivity contribution in [1.29, 1.82) is 0 Å². The van der Waals surface area contributed by atoms with E-state index in [2.05, 4.69) is 25.2 Å². The second kappa shape index (κ2) is 9.53. The van der Waals surface area contributed by atoms with Crippen LogP contribution in [0.5, 0.6) is 5.75 Å². The van der Waals surface area contributed by atoms with Crippen molar-refractivity contribution in [3.05, 3.63) is 59.7 Å². The fourth-order valence-corrected chi connectivity index (χ4v) is 3.52. The maximum atomic E-state index is 12.4. The Hall–Kier alpha value is -2.37. The molecule has 1 saturated heterocycles. The first-order valence-corrected chi connectivity index (χ1v) is 9.83. The van der Waals surface area contributed by atoms with Crippen LogP contribution in [0.25, 0.3) is 0 Å². The summed E-state index contributed by atoms with van der Waals surface area (Å²) in [4.78, 5) is 15.3. The van der Waals surface area contributed by atoms with Gasteiger partial charge in [0.05, 0.1) is 0 Å². The lowest BCUT2D eigenvalue weighted by atomic mass is 10.1. The Balaban J connectivity index is 1.36. The van der Waals surface area contributed by atoms with Crippen LogP contribution in [0.1, 0.15) is 11.1 Å². The van der Waals surface area contributed by atoms with Gasteiger partial charge in [0.15, 0.2) is 6.54 Å². The molecule has 1 amide bonds. The van der Waals surface area contributed by atoms with Gasteiger partial charge in [-0.2, -0.15) is 0 Å². The van der Waals surface area contributed by atoms with Gasteiger partial charge in [0, 0.05) is 5.69 Å². The van der Waals surface area contributed by atoms with Crippen molar-refractivity contribution in [2.75, 3.05) is 51.2 Å². The number of anilines is 1. The zero-order valence-corrected chi connectivity index (χ0v) is 16.4. The minimum absolute atomic E-state index is 0.106. The van der Waals surface area contributed by atoms with E-state index in [4.69, 9.17) is 4.74 Å². The van der Waals surface area contributed by atoms with Gasteiger partial charge in [-0.1, -0.05) is 30.3 Å². The predicted molar refractivity (Wildman–Crippen MR) is 108 cm³/mol. The maximum Gasteiger partial charge on any atom is 0.279 e. The van der Waals surface area contributed by atoms with E-state index in [0.29, 0.717) is 6.54 Å². The van der Waals surface area contributed by atoms with Gasteiger partial charge in [-0.15, -0.1) is 0 Å². The standard InChI is InChI=1S/C22H29N3O2/c1-18-7-6-10-21(19(18)2)23-22(26)17-25-13-11-24(12-14-25)15-16-27-20-8-4-3-5-9-20/h3-10H,11-17H2,1-2H3,(H,23,26)/p+2. The second-order valence-electron chi connectivity index (χ2n) is 7.38. The molecule has 5 nitrogen and oxygen atoms in total. The molecule has 1 aliphatic heterocycles. The number of aryl methyl sites for hydroxylation is 1. The predicted octanol–water partition coefficient (Wildman–Crippen LogP) is 0.104. The van der Waals surface area contributed by atoms with Crippen LogP contribution < -0.4 is 19.9 Å². The number of ether oxygens (including phenoxy) is 1. The van der Waals surface area contributed by atoms with Gasteiger partial charge < -0.3 is 19.9 Å². The van der Waals surface area contributed by atoms with Crippen molar-refractivity contribution in [2.24, 2.45) is 0 Å². The Morgan fingerprint density at radius 2 is 1.67 bits per heavy atom. The topological polar surface area (TPSA) is 47.2 Å². The lowest BCUT2D eigenvalue weighted by Crippen LogP contribution is -3.28. The van der Waals surface area contributed by atoms with Crippen LogP contribution in [0.15, 0.2) is 48.5 Å². The van der Waals surface area contributed by atoms with Crippen LogP contribution in [0.4, 0.5) is 5.69 Å². The van der Waals surface area contributed by atoms with E-state index in [1.807, 2.05) is 42.5 Å². The molecule has 1 aliphatic rings. The fourth-order valence-electron chi connectivity index (χ4n) is 3.52. The number of piperazine rings is 1. The van der Waals surface area contributed by atoms with Gasteiger partial charge >= 0.3 is 0 Å². The average molecular weight is 370 g/mol. The highest BCUT2D eigenvalue weighted by molar-refractivity contribution is 5.92. The van der Waals surface area contributed by atoms with Crippen LogP contribution >= 0.6 is 0 Å². The number of nitrogens with one attached hydrogen (secondary N) is 3. The highest BCUT2D eigenvalue weighted by atomic mass is 16.5. The van der Waals surface area contributed by atoms with Gasteiger partial charge in [0.1, 0.15) is 45.1 Å². The number of hydrogen-bond acceptors (Lipinski definition) is 2. The van der Waals surface area contributed by atoms with Crippen molar-refractivity contribution >= 4 is 11.6 Å². The van der Waals surface area contributed by atoms with Crippen LogP contribution in [0, 0.1) is 13.8 Å². The summed E-state index contributed by atoms with van der Waals surface area (Å²) in [6.07, 6.45) is 0. The van der Waals surface area contributed by atoms with Gasteiger partial charge in [-0.3, -0.25) is 4.79 Å². The average Bonchev–Trinajstić information content (AvgIpc) is 2.68. The largest absolute Gasteiger partial charge is 0.488 e. The third-order valence-electron chi connectivity index (χ3n) is 5.42. The molecular weight excluding hydrogens is 338 g/mol. The van der Waals surface area contributed by atoms with Crippen LogP contribution in [0.2, 0.25) is 0 Å². The molecule has 3 rings (SSSR count). The lowest BCUT2D eigenvalue weighted by molar-refractivity contribution is -1.01. The molecule has 144 valence electrons. The molecule has 0 spiro atoms. The Labute approximate surface area is 161 Å². The number of carbonyl (C=O) groups excluding carboxylic acids is 1. The summed E-state index contributed by atoms with van der Waals surface area (Å²) in [5, 5.41) is 3.08. The molecule has 1 heterocycles. The summed E-state index contributed by atoms with van der Waals surface area (Å²) >= 11 is 0. The summed E-state index contributed by atoms with van der Waals surface area (Å²) in [6.45, 7) is 10.6. The molecule has 2 aromatic carbocycles. The summed E-state index contributed by atoms with van der Waals surface area (Å²) in [5.74, 6) is 1.04. The van der Waals surface area contributed by atoms with Crippen molar-refractivity contribution in [2.45, 2.75) is 13.8 Å².